The molecule has 1 aromatic rings. The minimum atomic E-state index is -3.48. The molecule has 1 N–H and O–H groups in total. The van der Waals surface area contributed by atoms with E-state index in [0.717, 1.165) is 38.4 Å². The maximum Gasteiger partial charge on any atom is 0.253 e. The number of likely N-dealkylation sites (tertiary alicyclic amines) is 1. The van der Waals surface area contributed by atoms with Crippen molar-refractivity contribution in [3.05, 3.63) is 29.8 Å². The highest BCUT2D eigenvalue weighted by Gasteiger charge is 2.27. The third-order valence-electron chi connectivity index (χ3n) is 5.62. The highest BCUT2D eigenvalue weighted by atomic mass is 32.2. The van der Waals surface area contributed by atoms with Crippen LogP contribution in [0.2, 0.25) is 0 Å². The van der Waals surface area contributed by atoms with Gasteiger partial charge < -0.3 is 10.2 Å². The van der Waals surface area contributed by atoms with Crippen LogP contribution < -0.4 is 5.32 Å². The zero-order chi connectivity index (χ0) is 19.4. The molecule has 1 aliphatic carbocycles. The molecule has 0 radical (unpaired) electrons. The van der Waals surface area contributed by atoms with Gasteiger partial charge in [-0.15, -0.1) is 0 Å². The second-order valence-corrected chi connectivity index (χ2v) is 9.47. The molecule has 1 saturated carbocycles. The van der Waals surface area contributed by atoms with E-state index in [4.69, 9.17) is 0 Å². The Morgan fingerprint density at radius 2 is 1.67 bits per heavy atom. The van der Waals surface area contributed by atoms with E-state index in [9.17, 15) is 13.2 Å². The van der Waals surface area contributed by atoms with E-state index < -0.39 is 10.0 Å². The molecule has 1 aromatic carbocycles. The van der Waals surface area contributed by atoms with E-state index in [2.05, 4.69) is 5.32 Å². The van der Waals surface area contributed by atoms with Crippen LogP contribution in [0, 0.1) is 5.92 Å². The number of piperidine rings is 1. The molecule has 7 heteroatoms. The van der Waals surface area contributed by atoms with Gasteiger partial charge in [0, 0.05) is 37.8 Å². The molecule has 1 aliphatic heterocycles. The number of benzene rings is 1. The topological polar surface area (TPSA) is 69.7 Å². The molecular weight excluding hydrogens is 362 g/mol. The van der Waals surface area contributed by atoms with Crippen LogP contribution in [-0.2, 0) is 10.0 Å². The molecule has 0 atom stereocenters. The summed E-state index contributed by atoms with van der Waals surface area (Å²) >= 11 is 0. The summed E-state index contributed by atoms with van der Waals surface area (Å²) in [5, 5.41) is 3.62. The van der Waals surface area contributed by atoms with E-state index in [-0.39, 0.29) is 10.8 Å². The molecule has 0 aromatic heterocycles. The summed E-state index contributed by atoms with van der Waals surface area (Å²) in [5.74, 6) is 0.859. The van der Waals surface area contributed by atoms with Crippen molar-refractivity contribution in [2.75, 3.05) is 32.7 Å². The smallest absolute Gasteiger partial charge is 0.253 e. The van der Waals surface area contributed by atoms with Crippen molar-refractivity contribution in [3.8, 4) is 0 Å². The second kappa shape index (κ2) is 8.71. The Labute approximate surface area is 163 Å². The zero-order valence-corrected chi connectivity index (χ0v) is 17.2. The minimum absolute atomic E-state index is 0.0116. The third-order valence-corrected chi connectivity index (χ3v) is 7.68. The van der Waals surface area contributed by atoms with E-state index in [1.165, 1.54) is 17.1 Å². The van der Waals surface area contributed by atoms with Gasteiger partial charge in [-0.05, 0) is 62.4 Å². The number of amides is 1. The van der Waals surface area contributed by atoms with Gasteiger partial charge in [-0.3, -0.25) is 4.79 Å². The van der Waals surface area contributed by atoms with Crippen molar-refractivity contribution >= 4 is 15.9 Å². The van der Waals surface area contributed by atoms with Crippen LogP contribution >= 0.6 is 0 Å². The Kier molecular flexibility index (Phi) is 6.55. The maximum absolute atomic E-state index is 12.7. The molecular formula is C20H31N3O3S. The molecule has 1 amide bonds. The van der Waals surface area contributed by atoms with Crippen molar-refractivity contribution in [2.24, 2.45) is 5.92 Å². The quantitative estimate of drug-likeness (QED) is 0.736. The highest BCUT2D eigenvalue weighted by Crippen LogP contribution is 2.28. The predicted molar refractivity (Wildman–Crippen MR) is 106 cm³/mol. The second-order valence-electron chi connectivity index (χ2n) is 7.53. The lowest BCUT2D eigenvalue weighted by molar-refractivity contribution is 0.0705. The van der Waals surface area contributed by atoms with Crippen LogP contribution in [0.5, 0.6) is 0 Å². The molecule has 6 nitrogen and oxygen atoms in total. The number of rotatable bonds is 8. The van der Waals surface area contributed by atoms with Gasteiger partial charge >= 0.3 is 0 Å². The van der Waals surface area contributed by atoms with Gasteiger partial charge in [0.2, 0.25) is 10.0 Å². The Hall–Kier alpha value is -1.44. The van der Waals surface area contributed by atoms with Crippen molar-refractivity contribution < 1.29 is 13.2 Å². The Bertz CT molecular complexity index is 732. The van der Waals surface area contributed by atoms with Crippen molar-refractivity contribution in [2.45, 2.75) is 50.5 Å². The van der Waals surface area contributed by atoms with E-state index >= 15 is 0 Å². The molecule has 2 fully saturated rings. The van der Waals surface area contributed by atoms with Gasteiger partial charge in [0.05, 0.1) is 4.90 Å². The van der Waals surface area contributed by atoms with Crippen molar-refractivity contribution in [1.82, 2.24) is 14.5 Å². The van der Waals surface area contributed by atoms with Crippen LogP contribution in [0.4, 0.5) is 0 Å². The van der Waals surface area contributed by atoms with E-state index in [0.29, 0.717) is 24.7 Å². The summed E-state index contributed by atoms with van der Waals surface area (Å²) in [6.45, 7) is 7.12. The normalized spacial score (nSPS) is 18.9. The number of carbonyl (C=O) groups is 1. The fourth-order valence-electron chi connectivity index (χ4n) is 3.61. The summed E-state index contributed by atoms with van der Waals surface area (Å²) in [5.41, 5.74) is 0.554. The molecule has 150 valence electrons. The van der Waals surface area contributed by atoms with Crippen LogP contribution in [0.3, 0.4) is 0 Å². The number of nitrogens with zero attached hydrogens (tertiary/aromatic N) is 2. The standard InChI is InChI=1S/C20H31N3O3S/c1-3-23(4-2)27(25,26)19-9-7-17(8-10-19)20(24)22-13-11-18(12-14-22)21-15-16-5-6-16/h7-10,16,18,21H,3-6,11-15H2,1-2H3. The molecule has 0 bridgehead atoms. The first-order valence-electron chi connectivity index (χ1n) is 10.1. The van der Waals surface area contributed by atoms with Gasteiger partial charge in [-0.25, -0.2) is 8.42 Å². The maximum atomic E-state index is 12.7. The van der Waals surface area contributed by atoms with Gasteiger partial charge in [-0.1, -0.05) is 13.8 Å². The Morgan fingerprint density at radius 1 is 1.07 bits per heavy atom. The SMILES string of the molecule is CCN(CC)S(=O)(=O)c1ccc(C(=O)N2CCC(NCC3CC3)CC2)cc1. The van der Waals surface area contributed by atoms with Gasteiger partial charge in [0.1, 0.15) is 0 Å². The lowest BCUT2D eigenvalue weighted by Crippen LogP contribution is -2.45. The zero-order valence-electron chi connectivity index (χ0n) is 16.4. The van der Waals surface area contributed by atoms with Gasteiger partial charge in [0.25, 0.3) is 5.91 Å². The number of hydrogen-bond acceptors (Lipinski definition) is 4. The van der Waals surface area contributed by atoms with E-state index in [1.54, 1.807) is 24.3 Å². The third kappa shape index (κ3) is 4.89. The summed E-state index contributed by atoms with van der Waals surface area (Å²) in [4.78, 5) is 14.9. The molecule has 1 heterocycles. The largest absolute Gasteiger partial charge is 0.339 e. The number of sulfonamides is 1. The predicted octanol–water partition coefficient (Wildman–Crippen LogP) is 2.32. The van der Waals surface area contributed by atoms with Gasteiger partial charge in [-0.2, -0.15) is 4.31 Å². The van der Waals surface area contributed by atoms with E-state index in [1.807, 2.05) is 18.7 Å². The number of hydrogen-bond donors (Lipinski definition) is 1. The monoisotopic (exact) mass is 393 g/mol. The first kappa shape index (κ1) is 20.3. The van der Waals surface area contributed by atoms with Crippen LogP contribution in [0.1, 0.15) is 49.9 Å². The molecule has 27 heavy (non-hydrogen) atoms. The van der Waals surface area contributed by atoms with Crippen LogP contribution in [0.15, 0.2) is 29.2 Å². The van der Waals surface area contributed by atoms with Crippen LogP contribution in [0.25, 0.3) is 0 Å². The van der Waals surface area contributed by atoms with Gasteiger partial charge in [0.15, 0.2) is 0 Å². The summed E-state index contributed by atoms with van der Waals surface area (Å²) in [7, 11) is -3.48. The fraction of sp³-hybridized carbons (Fsp3) is 0.650. The Balaban J connectivity index is 1.57. The van der Waals surface area contributed by atoms with Crippen molar-refractivity contribution in [1.29, 1.82) is 0 Å². The molecule has 2 aliphatic rings. The average molecular weight is 394 g/mol. The van der Waals surface area contributed by atoms with Crippen molar-refractivity contribution in [3.63, 3.8) is 0 Å². The number of nitrogens with one attached hydrogen (secondary N) is 1. The first-order chi connectivity index (χ1) is 13.0. The molecule has 1 saturated heterocycles. The lowest BCUT2D eigenvalue weighted by Gasteiger charge is -2.32. The van der Waals surface area contributed by atoms with Crippen LogP contribution in [-0.4, -0.2) is 62.3 Å². The first-order valence-corrected chi connectivity index (χ1v) is 11.5. The lowest BCUT2D eigenvalue weighted by atomic mass is 10.0. The molecule has 0 unspecified atom stereocenters. The molecule has 3 rings (SSSR count). The Morgan fingerprint density at radius 3 is 2.19 bits per heavy atom. The summed E-state index contributed by atoms with van der Waals surface area (Å²) in [6.07, 6.45) is 4.66. The number of carbonyl (C=O) groups excluding carboxylic acids is 1. The minimum Gasteiger partial charge on any atom is -0.339 e. The summed E-state index contributed by atoms with van der Waals surface area (Å²) < 4.78 is 26.5. The summed E-state index contributed by atoms with van der Waals surface area (Å²) in [6, 6.07) is 6.87. The fourth-order valence-corrected chi connectivity index (χ4v) is 5.06. The average Bonchev–Trinajstić information content (AvgIpc) is 3.51. The molecule has 0 spiro atoms. The highest BCUT2D eigenvalue weighted by molar-refractivity contribution is 7.89.